The summed E-state index contributed by atoms with van der Waals surface area (Å²) in [6.07, 6.45) is 4.75. The first-order valence-corrected chi connectivity index (χ1v) is 7.21. The summed E-state index contributed by atoms with van der Waals surface area (Å²) >= 11 is 0. The van der Waals surface area contributed by atoms with Crippen LogP contribution in [0.25, 0.3) is 0 Å². The van der Waals surface area contributed by atoms with Crippen LogP contribution in [-0.4, -0.2) is 48.8 Å². The average Bonchev–Trinajstić information content (AvgIpc) is 2.75. The minimum atomic E-state index is -0.515. The highest BCUT2D eigenvalue weighted by molar-refractivity contribution is 5.04. The summed E-state index contributed by atoms with van der Waals surface area (Å²) in [4.78, 5) is 0. The first-order chi connectivity index (χ1) is 8.66. The zero-order chi connectivity index (χ0) is 12.6. The van der Waals surface area contributed by atoms with Crippen LogP contribution in [0.3, 0.4) is 0 Å². The van der Waals surface area contributed by atoms with E-state index in [4.69, 9.17) is 14.2 Å². The Morgan fingerprint density at radius 1 is 1.28 bits per heavy atom. The zero-order valence-electron chi connectivity index (χ0n) is 11.2. The standard InChI is InChI=1S/C14H24O4/c1-2-17-12-8-14(15,9-12)11-3-5-18-13(7-11)4-6-16-10-13/h11-12,15H,2-10H2,1H3. The molecule has 1 spiro atoms. The smallest absolute Gasteiger partial charge is 0.0940 e. The van der Waals surface area contributed by atoms with Crippen LogP contribution >= 0.6 is 0 Å². The maximum atomic E-state index is 10.7. The number of rotatable bonds is 3. The monoisotopic (exact) mass is 256 g/mol. The van der Waals surface area contributed by atoms with Crippen molar-refractivity contribution in [3.8, 4) is 0 Å². The summed E-state index contributed by atoms with van der Waals surface area (Å²) in [5.74, 6) is 0.352. The van der Waals surface area contributed by atoms with Crippen molar-refractivity contribution < 1.29 is 19.3 Å². The van der Waals surface area contributed by atoms with Gasteiger partial charge in [-0.05, 0) is 25.7 Å². The Morgan fingerprint density at radius 2 is 2.11 bits per heavy atom. The molecule has 1 aliphatic carbocycles. The largest absolute Gasteiger partial charge is 0.389 e. The molecular weight excluding hydrogens is 232 g/mol. The van der Waals surface area contributed by atoms with E-state index in [9.17, 15) is 5.11 Å². The van der Waals surface area contributed by atoms with Crippen LogP contribution in [0.5, 0.6) is 0 Å². The second kappa shape index (κ2) is 4.75. The topological polar surface area (TPSA) is 47.9 Å². The van der Waals surface area contributed by atoms with Gasteiger partial charge in [-0.25, -0.2) is 0 Å². The first kappa shape index (κ1) is 12.9. The number of hydrogen-bond acceptors (Lipinski definition) is 4. The van der Waals surface area contributed by atoms with E-state index >= 15 is 0 Å². The molecule has 2 heterocycles. The summed E-state index contributed by atoms with van der Waals surface area (Å²) in [6.45, 7) is 5.01. The number of aliphatic hydroxyl groups is 1. The Kier molecular flexibility index (Phi) is 3.39. The molecule has 104 valence electrons. The summed E-state index contributed by atoms with van der Waals surface area (Å²) in [6, 6.07) is 0. The highest BCUT2D eigenvalue weighted by atomic mass is 16.6. The quantitative estimate of drug-likeness (QED) is 0.831. The van der Waals surface area contributed by atoms with E-state index in [1.807, 2.05) is 6.92 Å². The Morgan fingerprint density at radius 3 is 2.78 bits per heavy atom. The van der Waals surface area contributed by atoms with Crippen molar-refractivity contribution in [1.82, 2.24) is 0 Å². The van der Waals surface area contributed by atoms with Crippen LogP contribution in [0.2, 0.25) is 0 Å². The predicted molar refractivity (Wildman–Crippen MR) is 66.4 cm³/mol. The van der Waals surface area contributed by atoms with E-state index < -0.39 is 5.60 Å². The van der Waals surface area contributed by atoms with Crippen molar-refractivity contribution in [2.45, 2.75) is 56.3 Å². The molecule has 2 unspecified atom stereocenters. The SMILES string of the molecule is CCOC1CC(O)(C2CCOC3(CCOC3)C2)C1. The molecule has 0 aromatic rings. The molecule has 2 atom stereocenters. The molecule has 0 aromatic carbocycles. The van der Waals surface area contributed by atoms with Gasteiger partial charge in [-0.1, -0.05) is 0 Å². The second-order valence-corrected chi connectivity index (χ2v) is 6.11. The van der Waals surface area contributed by atoms with E-state index in [2.05, 4.69) is 0 Å². The number of ether oxygens (including phenoxy) is 3. The molecule has 2 aliphatic heterocycles. The van der Waals surface area contributed by atoms with Gasteiger partial charge in [0.2, 0.25) is 0 Å². The van der Waals surface area contributed by atoms with E-state index in [1.54, 1.807) is 0 Å². The van der Waals surface area contributed by atoms with Gasteiger partial charge in [0, 0.05) is 39.1 Å². The summed E-state index contributed by atoms with van der Waals surface area (Å²) in [5, 5.41) is 10.7. The molecule has 0 radical (unpaired) electrons. The molecule has 0 bridgehead atoms. The van der Waals surface area contributed by atoms with Gasteiger partial charge in [0.05, 0.1) is 23.9 Å². The van der Waals surface area contributed by atoms with Crippen LogP contribution in [0.1, 0.15) is 39.0 Å². The average molecular weight is 256 g/mol. The fraction of sp³-hybridized carbons (Fsp3) is 1.00. The number of hydrogen-bond donors (Lipinski definition) is 1. The zero-order valence-corrected chi connectivity index (χ0v) is 11.2. The van der Waals surface area contributed by atoms with Gasteiger partial charge in [0.15, 0.2) is 0 Å². The van der Waals surface area contributed by atoms with Gasteiger partial charge in [-0.3, -0.25) is 0 Å². The van der Waals surface area contributed by atoms with Crippen LogP contribution < -0.4 is 0 Å². The minimum Gasteiger partial charge on any atom is -0.389 e. The van der Waals surface area contributed by atoms with Gasteiger partial charge in [0.1, 0.15) is 0 Å². The fourth-order valence-corrected chi connectivity index (χ4v) is 3.77. The molecule has 4 heteroatoms. The molecule has 4 nitrogen and oxygen atoms in total. The Labute approximate surface area is 109 Å². The lowest BCUT2D eigenvalue weighted by Crippen LogP contribution is -2.57. The van der Waals surface area contributed by atoms with Crippen LogP contribution in [0.15, 0.2) is 0 Å². The van der Waals surface area contributed by atoms with E-state index in [1.165, 1.54) is 0 Å². The van der Waals surface area contributed by atoms with Gasteiger partial charge in [-0.15, -0.1) is 0 Å². The molecule has 18 heavy (non-hydrogen) atoms. The second-order valence-electron chi connectivity index (χ2n) is 6.11. The molecule has 0 aromatic heterocycles. The third kappa shape index (κ3) is 2.20. The Balaban J connectivity index is 1.59. The maximum absolute atomic E-state index is 10.7. The lowest BCUT2D eigenvalue weighted by Gasteiger charge is -2.52. The molecule has 0 amide bonds. The van der Waals surface area contributed by atoms with Crippen molar-refractivity contribution in [2.75, 3.05) is 26.4 Å². The fourth-order valence-electron chi connectivity index (χ4n) is 3.77. The van der Waals surface area contributed by atoms with Crippen molar-refractivity contribution in [2.24, 2.45) is 5.92 Å². The predicted octanol–water partition coefficient (Wildman–Crippen LogP) is 1.50. The minimum absolute atomic E-state index is 0.102. The maximum Gasteiger partial charge on any atom is 0.0940 e. The van der Waals surface area contributed by atoms with Crippen molar-refractivity contribution in [1.29, 1.82) is 0 Å². The first-order valence-electron chi connectivity index (χ1n) is 7.21. The third-order valence-electron chi connectivity index (χ3n) is 4.88. The summed E-state index contributed by atoms with van der Waals surface area (Å²) < 4.78 is 17.0. The van der Waals surface area contributed by atoms with Crippen molar-refractivity contribution >= 4 is 0 Å². The van der Waals surface area contributed by atoms with Gasteiger partial charge in [-0.2, -0.15) is 0 Å². The van der Waals surface area contributed by atoms with Gasteiger partial charge >= 0.3 is 0 Å². The Hall–Kier alpha value is -0.160. The third-order valence-corrected chi connectivity index (χ3v) is 4.88. The molecule has 1 N–H and O–H groups in total. The Bertz CT molecular complexity index is 292. The molecule has 3 aliphatic rings. The molecule has 1 saturated carbocycles. The van der Waals surface area contributed by atoms with Crippen LogP contribution in [-0.2, 0) is 14.2 Å². The summed E-state index contributed by atoms with van der Waals surface area (Å²) in [7, 11) is 0. The lowest BCUT2D eigenvalue weighted by atomic mass is 9.64. The molecule has 2 saturated heterocycles. The molecule has 3 fully saturated rings. The highest BCUT2D eigenvalue weighted by Crippen LogP contribution is 2.48. The highest BCUT2D eigenvalue weighted by Gasteiger charge is 2.53. The van der Waals surface area contributed by atoms with Gasteiger partial charge in [0.25, 0.3) is 0 Å². The van der Waals surface area contributed by atoms with E-state index in [-0.39, 0.29) is 11.7 Å². The van der Waals surface area contributed by atoms with E-state index in [0.29, 0.717) is 12.5 Å². The van der Waals surface area contributed by atoms with Crippen LogP contribution in [0.4, 0.5) is 0 Å². The molecular formula is C14H24O4. The normalized spacial score (nSPS) is 48.3. The van der Waals surface area contributed by atoms with Crippen molar-refractivity contribution in [3.63, 3.8) is 0 Å². The summed E-state index contributed by atoms with van der Waals surface area (Å²) in [5.41, 5.74) is -0.617. The lowest BCUT2D eigenvalue weighted by molar-refractivity contribution is -0.203. The van der Waals surface area contributed by atoms with E-state index in [0.717, 1.165) is 51.9 Å². The van der Waals surface area contributed by atoms with Gasteiger partial charge < -0.3 is 19.3 Å². The van der Waals surface area contributed by atoms with Crippen LogP contribution in [0, 0.1) is 5.92 Å². The van der Waals surface area contributed by atoms with Crippen molar-refractivity contribution in [3.05, 3.63) is 0 Å². The molecule has 3 rings (SSSR count).